The molecule has 0 rings (SSSR count). The number of unbranched alkanes of at least 4 members (excludes halogenated alkanes) is 10. The topological polar surface area (TPSA) is 172 Å². The molecule has 0 aromatic heterocycles. The lowest BCUT2D eigenvalue weighted by molar-refractivity contribution is -0.161. The predicted octanol–water partition coefficient (Wildman–Crippen LogP) is 11.1. The second kappa shape index (κ2) is 39.5. The van der Waals surface area contributed by atoms with Crippen LogP contribution in [0.2, 0.25) is 0 Å². The van der Waals surface area contributed by atoms with E-state index in [0.717, 1.165) is 96.3 Å². The van der Waals surface area contributed by atoms with Crippen molar-refractivity contribution in [1.29, 1.82) is 0 Å². The van der Waals surface area contributed by atoms with Crippen molar-refractivity contribution in [2.24, 2.45) is 5.73 Å². The van der Waals surface area contributed by atoms with Crippen LogP contribution in [0.1, 0.15) is 149 Å². The van der Waals surface area contributed by atoms with Gasteiger partial charge in [-0.2, -0.15) is 0 Å². The molecule has 0 aliphatic carbocycles. The molecule has 0 heterocycles. The van der Waals surface area contributed by atoms with Crippen molar-refractivity contribution in [1.82, 2.24) is 0 Å². The van der Waals surface area contributed by atoms with Crippen molar-refractivity contribution in [2.45, 2.75) is 161 Å². The first-order chi connectivity index (χ1) is 27.6. The van der Waals surface area contributed by atoms with Gasteiger partial charge in [0, 0.05) is 12.8 Å². The predicted molar refractivity (Wildman–Crippen MR) is 230 cm³/mol. The number of aliphatic carboxylic acids is 1. The SMILES string of the molecule is CC/C=C\C/C=C\C/C=C\C/C=C\C/C=C\CCCCCC(=O)OC(COC(=O)CCCCCCC/C=C\C/C=C\CCCC)COP(=O)(O)OCC(N)C(=O)O. The lowest BCUT2D eigenvalue weighted by Gasteiger charge is -2.20. The highest BCUT2D eigenvalue weighted by atomic mass is 31.2. The van der Waals surface area contributed by atoms with E-state index in [4.69, 9.17) is 24.8 Å². The lowest BCUT2D eigenvalue weighted by atomic mass is 10.1. The summed E-state index contributed by atoms with van der Waals surface area (Å²) in [6, 6.07) is -1.53. The molecule has 3 unspecified atom stereocenters. The number of esters is 2. The zero-order valence-corrected chi connectivity index (χ0v) is 35.8. The summed E-state index contributed by atoms with van der Waals surface area (Å²) in [7, 11) is -4.73. The van der Waals surface area contributed by atoms with Gasteiger partial charge in [-0.25, -0.2) is 4.57 Å². The number of carbonyl (C=O) groups is 3. The number of carboxylic acid groups (broad SMARTS) is 1. The molecule has 0 saturated carbocycles. The number of phosphoric ester groups is 1. The van der Waals surface area contributed by atoms with Gasteiger partial charge < -0.3 is 25.2 Å². The number of hydrogen-bond acceptors (Lipinski definition) is 9. The molecule has 3 atom stereocenters. The summed E-state index contributed by atoms with van der Waals surface area (Å²) in [4.78, 5) is 45.9. The minimum atomic E-state index is -4.73. The van der Waals surface area contributed by atoms with Gasteiger partial charge in [-0.3, -0.25) is 23.4 Å². The van der Waals surface area contributed by atoms with Crippen LogP contribution >= 0.6 is 7.82 Å². The van der Waals surface area contributed by atoms with Crippen molar-refractivity contribution in [2.75, 3.05) is 19.8 Å². The lowest BCUT2D eigenvalue weighted by Crippen LogP contribution is -2.34. The summed E-state index contributed by atoms with van der Waals surface area (Å²) < 4.78 is 32.6. The fourth-order valence-corrected chi connectivity index (χ4v) is 5.83. The van der Waals surface area contributed by atoms with Crippen LogP contribution in [-0.2, 0) is 37.5 Å². The summed E-state index contributed by atoms with van der Waals surface area (Å²) in [6.07, 6.45) is 47.9. The van der Waals surface area contributed by atoms with Gasteiger partial charge in [0.25, 0.3) is 0 Å². The number of nitrogens with two attached hydrogens (primary N) is 1. The standard InChI is InChI=1S/C45H74NO10P/c1-3-5-7-9-11-13-15-17-19-20-21-22-23-25-27-29-31-33-35-37-44(48)56-41(39-54-57(51,52)55-40-42(46)45(49)50)38-53-43(47)36-34-32-30-28-26-24-18-16-14-12-10-8-6-4-2/h5,7,10-13,16-19,21-22,25,27,41-42H,3-4,6,8-9,14-15,20,23-24,26,28-40,46H2,1-2H3,(H,49,50)(H,51,52)/b7-5-,12-10-,13-11-,18-16-,19-17-,22-21-,27-25-. The van der Waals surface area contributed by atoms with Crippen LogP contribution in [-0.4, -0.2) is 59.9 Å². The van der Waals surface area contributed by atoms with E-state index in [-0.39, 0.29) is 19.4 Å². The van der Waals surface area contributed by atoms with E-state index in [1.54, 1.807) is 0 Å². The molecule has 11 nitrogen and oxygen atoms in total. The smallest absolute Gasteiger partial charge is 0.472 e. The molecule has 0 spiro atoms. The summed E-state index contributed by atoms with van der Waals surface area (Å²) in [5.41, 5.74) is 5.32. The van der Waals surface area contributed by atoms with E-state index in [1.807, 2.05) is 0 Å². The first kappa shape index (κ1) is 53.7. The number of ether oxygens (including phenoxy) is 2. The molecule has 0 aliphatic heterocycles. The molecule has 4 N–H and O–H groups in total. The van der Waals surface area contributed by atoms with E-state index in [2.05, 4.69) is 103 Å². The zero-order valence-electron chi connectivity index (χ0n) is 34.9. The van der Waals surface area contributed by atoms with Crippen LogP contribution in [0.25, 0.3) is 0 Å². The molecule has 0 radical (unpaired) electrons. The third-order valence-electron chi connectivity index (χ3n) is 8.38. The minimum Gasteiger partial charge on any atom is -0.480 e. The van der Waals surface area contributed by atoms with Crippen molar-refractivity contribution in [3.8, 4) is 0 Å². The van der Waals surface area contributed by atoms with E-state index < -0.39 is 51.1 Å². The van der Waals surface area contributed by atoms with E-state index >= 15 is 0 Å². The van der Waals surface area contributed by atoms with Gasteiger partial charge in [0.2, 0.25) is 0 Å². The maximum Gasteiger partial charge on any atom is 0.472 e. The van der Waals surface area contributed by atoms with Gasteiger partial charge in [-0.1, -0.05) is 137 Å². The molecular formula is C45H74NO10P. The number of allylic oxidation sites excluding steroid dienone is 14. The zero-order chi connectivity index (χ0) is 42.1. The Morgan fingerprint density at radius 1 is 0.561 bits per heavy atom. The Balaban J connectivity index is 4.49. The highest BCUT2D eigenvalue weighted by molar-refractivity contribution is 7.47. The summed E-state index contributed by atoms with van der Waals surface area (Å²) in [5.74, 6) is -2.45. The van der Waals surface area contributed by atoms with Gasteiger partial charge in [0.15, 0.2) is 6.10 Å². The number of carbonyl (C=O) groups excluding carboxylic acids is 2. The summed E-state index contributed by atoms with van der Waals surface area (Å²) >= 11 is 0. The molecule has 12 heteroatoms. The number of carboxylic acids is 1. The van der Waals surface area contributed by atoms with Gasteiger partial charge in [0.05, 0.1) is 13.2 Å². The van der Waals surface area contributed by atoms with Crippen molar-refractivity contribution >= 4 is 25.7 Å². The highest BCUT2D eigenvalue weighted by Crippen LogP contribution is 2.43. The van der Waals surface area contributed by atoms with Gasteiger partial charge in [-0.05, 0) is 83.5 Å². The molecule has 0 aromatic carbocycles. The minimum absolute atomic E-state index is 0.114. The van der Waals surface area contributed by atoms with Crippen LogP contribution in [0, 0.1) is 0 Å². The first-order valence-corrected chi connectivity index (χ1v) is 22.6. The van der Waals surface area contributed by atoms with Crippen molar-refractivity contribution < 1.29 is 47.5 Å². The number of phosphoric acid groups is 1. The Morgan fingerprint density at radius 2 is 0.982 bits per heavy atom. The molecule has 0 bridgehead atoms. The van der Waals surface area contributed by atoms with Crippen LogP contribution in [0.4, 0.5) is 0 Å². The molecule has 0 saturated heterocycles. The van der Waals surface area contributed by atoms with E-state index in [9.17, 15) is 23.8 Å². The maximum absolute atomic E-state index is 12.6. The Kier molecular flexibility index (Phi) is 37.2. The van der Waals surface area contributed by atoms with Gasteiger partial charge >= 0.3 is 25.7 Å². The fourth-order valence-electron chi connectivity index (χ4n) is 5.05. The third-order valence-corrected chi connectivity index (χ3v) is 9.33. The molecule has 57 heavy (non-hydrogen) atoms. The normalized spacial score (nSPS) is 14.6. The molecule has 324 valence electrons. The van der Waals surface area contributed by atoms with Crippen molar-refractivity contribution in [3.63, 3.8) is 0 Å². The Labute approximate surface area is 343 Å². The largest absolute Gasteiger partial charge is 0.480 e. The van der Waals surface area contributed by atoms with E-state index in [1.165, 1.54) is 12.8 Å². The average molecular weight is 820 g/mol. The van der Waals surface area contributed by atoms with Crippen LogP contribution in [0.3, 0.4) is 0 Å². The van der Waals surface area contributed by atoms with Gasteiger partial charge in [-0.15, -0.1) is 0 Å². The molecule has 0 aliphatic rings. The summed E-state index contributed by atoms with van der Waals surface area (Å²) in [5, 5.41) is 8.88. The second-order valence-corrected chi connectivity index (χ2v) is 15.2. The number of hydrogen-bond donors (Lipinski definition) is 3. The monoisotopic (exact) mass is 820 g/mol. The highest BCUT2D eigenvalue weighted by Gasteiger charge is 2.28. The van der Waals surface area contributed by atoms with Gasteiger partial charge in [0.1, 0.15) is 12.6 Å². The molecular weight excluding hydrogens is 745 g/mol. The first-order valence-electron chi connectivity index (χ1n) is 21.1. The molecule has 0 aromatic rings. The number of rotatable bonds is 38. The van der Waals surface area contributed by atoms with Crippen LogP contribution in [0.15, 0.2) is 85.1 Å². The average Bonchev–Trinajstić information content (AvgIpc) is 3.19. The fraction of sp³-hybridized carbons (Fsp3) is 0.622. The van der Waals surface area contributed by atoms with E-state index in [0.29, 0.717) is 12.8 Å². The maximum atomic E-state index is 12.6. The van der Waals surface area contributed by atoms with Crippen molar-refractivity contribution in [3.05, 3.63) is 85.1 Å². The van der Waals surface area contributed by atoms with Crippen LogP contribution < -0.4 is 5.73 Å². The Morgan fingerprint density at radius 3 is 1.49 bits per heavy atom. The second-order valence-electron chi connectivity index (χ2n) is 13.7. The Hall–Kier alpha value is -3.34. The molecule has 0 amide bonds. The third kappa shape index (κ3) is 39.3. The quantitative estimate of drug-likeness (QED) is 0.0234. The summed E-state index contributed by atoms with van der Waals surface area (Å²) in [6.45, 7) is 2.58. The molecule has 0 fully saturated rings. The Bertz CT molecular complexity index is 1290. The van der Waals surface area contributed by atoms with Crippen LogP contribution in [0.5, 0.6) is 0 Å².